The van der Waals surface area contributed by atoms with E-state index in [1.54, 1.807) is 20.2 Å². The summed E-state index contributed by atoms with van der Waals surface area (Å²) in [6.07, 6.45) is 1.93. The number of likely N-dealkylation sites (N-methyl/N-ethyl adjacent to an activating group) is 1. The van der Waals surface area contributed by atoms with Crippen molar-refractivity contribution < 1.29 is 9.53 Å². The number of benzene rings is 1. The van der Waals surface area contributed by atoms with E-state index < -0.39 is 0 Å². The molecule has 1 atom stereocenters. The number of likely N-dealkylation sites (tertiary alicyclic amines) is 1. The fourth-order valence-corrected chi connectivity index (χ4v) is 3.14. The molecule has 0 aromatic heterocycles. The van der Waals surface area contributed by atoms with Crippen molar-refractivity contribution in [1.82, 2.24) is 20.9 Å². The maximum atomic E-state index is 11.5. The second-order valence-electron chi connectivity index (χ2n) is 6.71. The number of carbonyl (C=O) groups excluding carboxylic acids is 1. The van der Waals surface area contributed by atoms with E-state index >= 15 is 0 Å². The van der Waals surface area contributed by atoms with E-state index in [9.17, 15) is 4.79 Å². The zero-order valence-corrected chi connectivity index (χ0v) is 19.8. The van der Waals surface area contributed by atoms with Crippen molar-refractivity contribution in [2.75, 3.05) is 40.3 Å². The van der Waals surface area contributed by atoms with Gasteiger partial charge in [-0.15, -0.1) is 24.0 Å². The van der Waals surface area contributed by atoms with Crippen LogP contribution >= 0.6 is 35.6 Å². The molecule has 2 rings (SSSR count). The minimum Gasteiger partial charge on any atom is -0.489 e. The van der Waals surface area contributed by atoms with Gasteiger partial charge >= 0.3 is 0 Å². The van der Waals surface area contributed by atoms with Gasteiger partial charge in [0.25, 0.3) is 0 Å². The lowest BCUT2D eigenvalue weighted by Crippen LogP contribution is -2.51. The second kappa shape index (κ2) is 13.1. The minimum atomic E-state index is -0.0311. The molecule has 3 N–H and O–H groups in total. The number of guanidine groups is 1. The molecule has 1 aromatic carbocycles. The molecule has 1 aliphatic rings. The first-order valence-electron chi connectivity index (χ1n) is 9.32. The highest BCUT2D eigenvalue weighted by atomic mass is 127. The van der Waals surface area contributed by atoms with Crippen LogP contribution in [0.1, 0.15) is 19.8 Å². The fourth-order valence-electron chi connectivity index (χ4n) is 2.96. The predicted octanol–water partition coefficient (Wildman–Crippen LogP) is 2.10. The summed E-state index contributed by atoms with van der Waals surface area (Å²) in [5.74, 6) is 1.58. The van der Waals surface area contributed by atoms with E-state index in [1.165, 1.54) is 0 Å². The Labute approximate surface area is 189 Å². The standard InChI is InChI=1S/C19H30ClN5O2.HI/c1-14(27-17-6-4-5-15(20)11-17)12-23-19(22-3)24-16-7-9-25(10-8-16)13-18(26)21-2;/h4-6,11,14,16H,7-10,12-13H2,1-3H3,(H,21,26)(H2,22,23,24);1H. The van der Waals surface area contributed by atoms with Gasteiger partial charge < -0.3 is 20.7 Å². The fraction of sp³-hybridized carbons (Fsp3) is 0.579. The van der Waals surface area contributed by atoms with Gasteiger partial charge in [0, 0.05) is 38.2 Å². The molecule has 0 radical (unpaired) electrons. The highest BCUT2D eigenvalue weighted by molar-refractivity contribution is 14.0. The number of halogens is 2. The summed E-state index contributed by atoms with van der Waals surface area (Å²) in [6, 6.07) is 7.73. The maximum Gasteiger partial charge on any atom is 0.233 e. The van der Waals surface area contributed by atoms with Crippen LogP contribution in [0.4, 0.5) is 0 Å². The number of hydrogen-bond donors (Lipinski definition) is 3. The van der Waals surface area contributed by atoms with Crippen molar-refractivity contribution in [3.63, 3.8) is 0 Å². The zero-order chi connectivity index (χ0) is 19.6. The van der Waals surface area contributed by atoms with E-state index in [1.807, 2.05) is 25.1 Å². The number of rotatable bonds is 7. The minimum absolute atomic E-state index is 0. The Hall–Kier alpha value is -1.26. The summed E-state index contributed by atoms with van der Waals surface area (Å²) in [4.78, 5) is 17.9. The Bertz CT molecular complexity index is 639. The lowest BCUT2D eigenvalue weighted by Gasteiger charge is -2.32. The van der Waals surface area contributed by atoms with Crippen molar-refractivity contribution in [3.05, 3.63) is 29.3 Å². The summed E-state index contributed by atoms with van der Waals surface area (Å²) in [6.45, 7) is 4.89. The van der Waals surface area contributed by atoms with Gasteiger partial charge in [0.2, 0.25) is 5.91 Å². The molecule has 9 heteroatoms. The molecule has 1 amide bonds. The molecule has 0 bridgehead atoms. The van der Waals surface area contributed by atoms with Crippen LogP contribution in [0, 0.1) is 0 Å². The molecule has 1 aromatic rings. The lowest BCUT2D eigenvalue weighted by molar-refractivity contribution is -0.122. The third-order valence-corrected chi connectivity index (χ3v) is 4.72. The van der Waals surface area contributed by atoms with Crippen molar-refractivity contribution in [2.45, 2.75) is 31.9 Å². The van der Waals surface area contributed by atoms with E-state index in [2.05, 4.69) is 25.8 Å². The summed E-state index contributed by atoms with van der Waals surface area (Å²) < 4.78 is 5.87. The predicted molar refractivity (Wildman–Crippen MR) is 125 cm³/mol. The largest absolute Gasteiger partial charge is 0.489 e. The van der Waals surface area contributed by atoms with Crippen molar-refractivity contribution in [2.24, 2.45) is 4.99 Å². The van der Waals surface area contributed by atoms with Crippen molar-refractivity contribution in [3.8, 4) is 5.75 Å². The normalized spacial score (nSPS) is 16.6. The Morgan fingerprint density at radius 3 is 2.71 bits per heavy atom. The third-order valence-electron chi connectivity index (χ3n) is 4.49. The van der Waals surface area contributed by atoms with Crippen LogP contribution < -0.4 is 20.7 Å². The number of nitrogens with zero attached hydrogens (tertiary/aromatic N) is 2. The highest BCUT2D eigenvalue weighted by Crippen LogP contribution is 2.18. The molecule has 1 saturated heterocycles. The van der Waals surface area contributed by atoms with Gasteiger partial charge in [0.05, 0.1) is 13.1 Å². The number of ether oxygens (including phenoxy) is 1. The molecule has 1 heterocycles. The topological polar surface area (TPSA) is 78.0 Å². The van der Waals surface area contributed by atoms with Crippen LogP contribution in [0.25, 0.3) is 0 Å². The van der Waals surface area contributed by atoms with E-state index in [0.29, 0.717) is 24.2 Å². The van der Waals surface area contributed by atoms with Gasteiger partial charge in [0.15, 0.2) is 5.96 Å². The van der Waals surface area contributed by atoms with Gasteiger partial charge in [-0.2, -0.15) is 0 Å². The summed E-state index contributed by atoms with van der Waals surface area (Å²) >= 11 is 5.98. The molecular formula is C19H31ClIN5O2. The molecule has 0 saturated carbocycles. The number of carbonyl (C=O) groups is 1. The van der Waals surface area contributed by atoms with Gasteiger partial charge in [0.1, 0.15) is 11.9 Å². The van der Waals surface area contributed by atoms with Gasteiger partial charge in [-0.25, -0.2) is 0 Å². The van der Waals surface area contributed by atoms with Gasteiger partial charge in [-0.3, -0.25) is 14.7 Å². The Morgan fingerprint density at radius 2 is 2.11 bits per heavy atom. The highest BCUT2D eigenvalue weighted by Gasteiger charge is 2.21. The molecule has 1 aliphatic heterocycles. The number of hydrogen-bond acceptors (Lipinski definition) is 4. The van der Waals surface area contributed by atoms with Crippen LogP contribution in [0.5, 0.6) is 5.75 Å². The molecule has 1 fully saturated rings. The first kappa shape index (κ1) is 24.8. The van der Waals surface area contributed by atoms with Crippen molar-refractivity contribution in [1.29, 1.82) is 0 Å². The SMILES string of the molecule is CN=C(NCC(C)Oc1cccc(Cl)c1)NC1CCN(CC(=O)NC)CC1.I. The molecule has 0 spiro atoms. The molecule has 158 valence electrons. The maximum absolute atomic E-state index is 11.5. The van der Waals surface area contributed by atoms with E-state index in [0.717, 1.165) is 37.6 Å². The number of aliphatic imine (C=N–C) groups is 1. The average molecular weight is 524 g/mol. The van der Waals surface area contributed by atoms with E-state index in [-0.39, 0.29) is 36.0 Å². The Kier molecular flexibility index (Phi) is 11.6. The zero-order valence-electron chi connectivity index (χ0n) is 16.7. The van der Waals surface area contributed by atoms with E-state index in [4.69, 9.17) is 16.3 Å². The van der Waals surface area contributed by atoms with Crippen LogP contribution in [0.15, 0.2) is 29.3 Å². The Morgan fingerprint density at radius 1 is 1.39 bits per heavy atom. The summed E-state index contributed by atoms with van der Waals surface area (Å²) in [5, 5.41) is 10.1. The first-order chi connectivity index (χ1) is 13.0. The molecule has 0 aliphatic carbocycles. The quantitative estimate of drug-likeness (QED) is 0.290. The Balaban J connectivity index is 0.00000392. The monoisotopic (exact) mass is 523 g/mol. The molecular weight excluding hydrogens is 493 g/mol. The van der Waals surface area contributed by atoms with Crippen molar-refractivity contribution >= 4 is 47.4 Å². The lowest BCUT2D eigenvalue weighted by atomic mass is 10.1. The third kappa shape index (κ3) is 8.83. The number of nitrogens with one attached hydrogen (secondary N) is 3. The molecule has 7 nitrogen and oxygen atoms in total. The summed E-state index contributed by atoms with van der Waals surface area (Å²) in [5.41, 5.74) is 0. The number of piperidine rings is 1. The number of amides is 1. The average Bonchev–Trinajstić information content (AvgIpc) is 2.66. The van der Waals surface area contributed by atoms with Gasteiger partial charge in [-0.1, -0.05) is 17.7 Å². The van der Waals surface area contributed by atoms with Crippen LogP contribution in [0.2, 0.25) is 5.02 Å². The van der Waals surface area contributed by atoms with Crippen LogP contribution in [-0.4, -0.2) is 69.2 Å². The van der Waals surface area contributed by atoms with Gasteiger partial charge in [-0.05, 0) is 38.0 Å². The van der Waals surface area contributed by atoms with Crippen LogP contribution in [-0.2, 0) is 4.79 Å². The summed E-state index contributed by atoms with van der Waals surface area (Å²) in [7, 11) is 3.43. The van der Waals surface area contributed by atoms with Crippen LogP contribution in [0.3, 0.4) is 0 Å². The first-order valence-corrected chi connectivity index (χ1v) is 9.70. The molecule has 28 heavy (non-hydrogen) atoms. The smallest absolute Gasteiger partial charge is 0.233 e. The molecule has 1 unspecified atom stereocenters. The second-order valence-corrected chi connectivity index (χ2v) is 7.14.